The van der Waals surface area contributed by atoms with E-state index in [1.807, 2.05) is 16.3 Å². The molecule has 3 heterocycles. The van der Waals surface area contributed by atoms with Crippen molar-refractivity contribution >= 4 is 39.5 Å². The van der Waals surface area contributed by atoms with Crippen molar-refractivity contribution in [3.8, 4) is 0 Å². The normalized spacial score (nSPS) is 19.9. The maximum absolute atomic E-state index is 13.2. The molecule has 138 valence electrons. The number of morpholine rings is 1. The van der Waals surface area contributed by atoms with Crippen LogP contribution in [0.2, 0.25) is 0 Å². The minimum absolute atomic E-state index is 0.0295. The zero-order valence-corrected chi connectivity index (χ0v) is 16.4. The van der Waals surface area contributed by atoms with Gasteiger partial charge in [-0.1, -0.05) is 13.0 Å². The van der Waals surface area contributed by atoms with Crippen LogP contribution in [0.4, 0.5) is 5.00 Å². The van der Waals surface area contributed by atoms with Gasteiger partial charge in [-0.25, -0.2) is 0 Å². The van der Waals surface area contributed by atoms with Crippen LogP contribution in [0.3, 0.4) is 0 Å². The largest absolute Gasteiger partial charge is 0.378 e. The van der Waals surface area contributed by atoms with E-state index in [-0.39, 0.29) is 11.8 Å². The monoisotopic (exact) mass is 390 g/mol. The van der Waals surface area contributed by atoms with Crippen LogP contribution in [0.1, 0.15) is 43.8 Å². The van der Waals surface area contributed by atoms with Crippen LogP contribution in [-0.4, -0.2) is 43.0 Å². The number of rotatable bonds is 3. The van der Waals surface area contributed by atoms with E-state index < -0.39 is 0 Å². The summed E-state index contributed by atoms with van der Waals surface area (Å²) in [5, 5.41) is 5.61. The molecule has 2 aromatic rings. The third-order valence-electron chi connectivity index (χ3n) is 5.00. The Labute approximate surface area is 161 Å². The third-order valence-corrected chi connectivity index (χ3v) is 7.03. The maximum atomic E-state index is 13.2. The van der Waals surface area contributed by atoms with Crippen LogP contribution in [0.25, 0.3) is 0 Å². The number of thiophene rings is 2. The van der Waals surface area contributed by atoms with Gasteiger partial charge in [-0.3, -0.25) is 9.59 Å². The average Bonchev–Trinajstić information content (AvgIpc) is 3.29. The minimum Gasteiger partial charge on any atom is -0.378 e. The zero-order chi connectivity index (χ0) is 18.1. The summed E-state index contributed by atoms with van der Waals surface area (Å²) in [6, 6.07) is 3.67. The highest BCUT2D eigenvalue weighted by molar-refractivity contribution is 7.17. The topological polar surface area (TPSA) is 58.6 Å². The Balaban J connectivity index is 1.68. The van der Waals surface area contributed by atoms with Gasteiger partial charge in [0, 0.05) is 18.0 Å². The summed E-state index contributed by atoms with van der Waals surface area (Å²) in [4.78, 5) is 29.6. The van der Waals surface area contributed by atoms with Crippen molar-refractivity contribution in [2.75, 3.05) is 31.6 Å². The van der Waals surface area contributed by atoms with E-state index in [0.29, 0.717) is 47.7 Å². The molecule has 1 fully saturated rings. The van der Waals surface area contributed by atoms with Gasteiger partial charge >= 0.3 is 0 Å². The number of amides is 2. The Morgan fingerprint density at radius 2 is 2.12 bits per heavy atom. The van der Waals surface area contributed by atoms with Crippen LogP contribution < -0.4 is 5.32 Å². The number of carbonyl (C=O) groups is 2. The molecule has 7 heteroatoms. The molecule has 2 aliphatic rings. The Morgan fingerprint density at radius 3 is 2.85 bits per heavy atom. The van der Waals surface area contributed by atoms with Crippen molar-refractivity contribution in [1.82, 2.24) is 4.90 Å². The molecule has 0 aromatic carbocycles. The van der Waals surface area contributed by atoms with Crippen molar-refractivity contribution in [1.29, 1.82) is 0 Å². The van der Waals surface area contributed by atoms with Crippen LogP contribution in [0.5, 0.6) is 0 Å². The van der Waals surface area contributed by atoms with Crippen molar-refractivity contribution in [2.24, 2.45) is 5.92 Å². The molecule has 1 atom stereocenters. The highest BCUT2D eigenvalue weighted by atomic mass is 32.1. The number of anilines is 1. The molecular weight excluding hydrogens is 368 g/mol. The molecule has 0 spiro atoms. The lowest BCUT2D eigenvalue weighted by Crippen LogP contribution is -2.41. The molecule has 1 aliphatic heterocycles. The highest BCUT2D eigenvalue weighted by Gasteiger charge is 2.31. The predicted octanol–water partition coefficient (Wildman–Crippen LogP) is 3.66. The smallest absolute Gasteiger partial charge is 0.266 e. The number of nitrogens with one attached hydrogen (secondary N) is 1. The Hall–Kier alpha value is -1.70. The van der Waals surface area contributed by atoms with Gasteiger partial charge in [0.25, 0.3) is 11.8 Å². The van der Waals surface area contributed by atoms with E-state index in [4.69, 9.17) is 4.74 Å². The van der Waals surface area contributed by atoms with Gasteiger partial charge in [0.2, 0.25) is 0 Å². The van der Waals surface area contributed by atoms with Gasteiger partial charge in [-0.15, -0.1) is 22.7 Å². The van der Waals surface area contributed by atoms with Crippen molar-refractivity contribution < 1.29 is 14.3 Å². The van der Waals surface area contributed by atoms with Gasteiger partial charge in [-0.2, -0.15) is 0 Å². The van der Waals surface area contributed by atoms with Crippen molar-refractivity contribution in [2.45, 2.75) is 26.2 Å². The molecular formula is C19H22N2O3S2. The summed E-state index contributed by atoms with van der Waals surface area (Å²) >= 11 is 2.99. The lowest BCUT2D eigenvalue weighted by atomic mass is 9.88. The highest BCUT2D eigenvalue weighted by Crippen LogP contribution is 2.40. The number of fused-ring (bicyclic) bond motifs is 1. The van der Waals surface area contributed by atoms with Gasteiger partial charge in [0.1, 0.15) is 5.00 Å². The summed E-state index contributed by atoms with van der Waals surface area (Å²) < 4.78 is 5.38. The second-order valence-corrected chi connectivity index (χ2v) is 8.94. The first-order valence-corrected chi connectivity index (χ1v) is 10.7. The molecule has 26 heavy (non-hydrogen) atoms. The Morgan fingerprint density at radius 1 is 1.31 bits per heavy atom. The van der Waals surface area contributed by atoms with Gasteiger partial charge < -0.3 is 15.0 Å². The van der Waals surface area contributed by atoms with Crippen molar-refractivity contribution in [3.63, 3.8) is 0 Å². The maximum Gasteiger partial charge on any atom is 0.266 e. The van der Waals surface area contributed by atoms with Gasteiger partial charge in [0.05, 0.1) is 23.7 Å². The first kappa shape index (κ1) is 17.7. The quantitative estimate of drug-likeness (QED) is 0.870. The summed E-state index contributed by atoms with van der Waals surface area (Å²) in [5.41, 5.74) is 1.86. The number of nitrogens with zero attached hydrogens (tertiary/aromatic N) is 1. The molecule has 0 unspecified atom stereocenters. The van der Waals surface area contributed by atoms with Crippen LogP contribution in [0, 0.1) is 5.92 Å². The molecule has 0 bridgehead atoms. The molecule has 1 N–H and O–H groups in total. The van der Waals surface area contributed by atoms with E-state index >= 15 is 0 Å². The first-order valence-electron chi connectivity index (χ1n) is 9.00. The minimum atomic E-state index is -0.136. The van der Waals surface area contributed by atoms with Gasteiger partial charge in [0.15, 0.2) is 0 Å². The fraction of sp³-hybridized carbons (Fsp3) is 0.474. The van der Waals surface area contributed by atoms with Gasteiger partial charge in [-0.05, 0) is 42.2 Å². The summed E-state index contributed by atoms with van der Waals surface area (Å²) in [5.74, 6) is 0.512. The Bertz CT molecular complexity index is 807. The molecule has 2 amide bonds. The SMILES string of the molecule is C[C@H]1CCc2c(sc(NC(=O)c3cccs3)c2C(=O)N2CCOCC2)C1. The number of ether oxygens (including phenoxy) is 1. The first-order chi connectivity index (χ1) is 12.6. The lowest BCUT2D eigenvalue weighted by molar-refractivity contribution is 0.0303. The zero-order valence-electron chi connectivity index (χ0n) is 14.7. The molecule has 1 aliphatic carbocycles. The van der Waals surface area contributed by atoms with Crippen LogP contribution in [0.15, 0.2) is 17.5 Å². The number of hydrogen-bond acceptors (Lipinski definition) is 5. The second kappa shape index (κ2) is 7.50. The van der Waals surface area contributed by atoms with Crippen LogP contribution >= 0.6 is 22.7 Å². The standard InChI is InChI=1S/C19H22N2O3S2/c1-12-4-5-13-15(11-12)26-18(20-17(22)14-3-2-10-25-14)16(13)19(23)21-6-8-24-9-7-21/h2-3,10,12H,4-9,11H2,1H3,(H,20,22)/t12-/m0/s1. The second-order valence-electron chi connectivity index (χ2n) is 6.89. The fourth-order valence-corrected chi connectivity index (χ4v) is 5.58. The molecule has 2 aromatic heterocycles. The summed E-state index contributed by atoms with van der Waals surface area (Å²) in [6.45, 7) is 4.62. The molecule has 0 radical (unpaired) electrons. The predicted molar refractivity (Wildman–Crippen MR) is 105 cm³/mol. The van der Waals surface area contributed by atoms with E-state index in [2.05, 4.69) is 12.2 Å². The molecule has 5 nitrogen and oxygen atoms in total. The summed E-state index contributed by atoms with van der Waals surface area (Å²) in [7, 11) is 0. The fourth-order valence-electron chi connectivity index (χ4n) is 3.56. The average molecular weight is 391 g/mol. The summed E-state index contributed by atoms with van der Waals surface area (Å²) in [6.07, 6.45) is 2.98. The van der Waals surface area contributed by atoms with E-state index in [1.54, 1.807) is 17.4 Å². The third kappa shape index (κ3) is 3.43. The van der Waals surface area contributed by atoms with E-state index in [0.717, 1.165) is 24.8 Å². The number of hydrogen-bond donors (Lipinski definition) is 1. The molecule has 4 rings (SSSR count). The number of carbonyl (C=O) groups excluding carboxylic acids is 2. The van der Waals surface area contributed by atoms with E-state index in [1.165, 1.54) is 16.2 Å². The Kier molecular flexibility index (Phi) is 5.11. The molecule has 1 saturated heterocycles. The van der Waals surface area contributed by atoms with Crippen molar-refractivity contribution in [3.05, 3.63) is 38.4 Å². The molecule has 0 saturated carbocycles. The van der Waals surface area contributed by atoms with E-state index in [9.17, 15) is 9.59 Å². The van der Waals surface area contributed by atoms with Crippen LogP contribution in [-0.2, 0) is 17.6 Å². The lowest BCUT2D eigenvalue weighted by Gasteiger charge is -2.28.